The zero-order chi connectivity index (χ0) is 11.4. The molecule has 0 fully saturated rings. The first-order chi connectivity index (χ1) is 6.86. The quantitative estimate of drug-likeness (QED) is 0.627. The van der Waals surface area contributed by atoms with E-state index < -0.39 is 0 Å². The van der Waals surface area contributed by atoms with Crippen LogP contribution >= 0.6 is 0 Å². The summed E-state index contributed by atoms with van der Waals surface area (Å²) in [6, 6.07) is 0. The zero-order valence-corrected chi connectivity index (χ0v) is 10.6. The fourth-order valence-electron chi connectivity index (χ4n) is 2.60. The molecule has 1 aliphatic rings. The molecule has 2 rings (SSSR count). The van der Waals surface area contributed by atoms with Gasteiger partial charge < -0.3 is 4.74 Å². The second kappa shape index (κ2) is 3.01. The minimum atomic E-state index is 0.169. The van der Waals surface area contributed by atoms with Gasteiger partial charge in [-0.3, -0.25) is 0 Å². The molecule has 1 aromatic rings. The van der Waals surface area contributed by atoms with Crippen molar-refractivity contribution in [2.75, 3.05) is 6.61 Å². The van der Waals surface area contributed by atoms with Crippen LogP contribution in [-0.4, -0.2) is 6.61 Å². The third-order valence-electron chi connectivity index (χ3n) is 3.88. The zero-order valence-electron chi connectivity index (χ0n) is 10.6. The van der Waals surface area contributed by atoms with Gasteiger partial charge in [0.25, 0.3) is 0 Å². The molecule has 1 nitrogen and oxygen atoms in total. The fraction of sp³-hybridized carbons (Fsp3) is 0.571. The SMILES string of the molecule is Cc1c(C)c(C)c2c(c1C)OCC2(C)C. The summed E-state index contributed by atoms with van der Waals surface area (Å²) in [5.74, 6) is 1.14. The van der Waals surface area contributed by atoms with E-state index in [0.717, 1.165) is 12.4 Å². The number of fused-ring (bicyclic) bond motifs is 1. The van der Waals surface area contributed by atoms with Gasteiger partial charge in [-0.15, -0.1) is 0 Å². The van der Waals surface area contributed by atoms with Crippen molar-refractivity contribution >= 4 is 0 Å². The Morgan fingerprint density at radius 2 is 1.40 bits per heavy atom. The fourth-order valence-corrected chi connectivity index (χ4v) is 2.60. The van der Waals surface area contributed by atoms with Crippen LogP contribution in [0.25, 0.3) is 0 Å². The summed E-state index contributed by atoms with van der Waals surface area (Å²) < 4.78 is 5.86. The van der Waals surface area contributed by atoms with E-state index in [-0.39, 0.29) is 5.41 Å². The number of ether oxygens (including phenoxy) is 1. The summed E-state index contributed by atoms with van der Waals surface area (Å²) in [6.07, 6.45) is 0. The largest absolute Gasteiger partial charge is 0.492 e. The van der Waals surface area contributed by atoms with E-state index in [4.69, 9.17) is 4.74 Å². The maximum Gasteiger partial charge on any atom is 0.126 e. The van der Waals surface area contributed by atoms with Crippen molar-refractivity contribution in [3.05, 3.63) is 27.8 Å². The minimum Gasteiger partial charge on any atom is -0.492 e. The Labute approximate surface area is 92.5 Å². The van der Waals surface area contributed by atoms with Gasteiger partial charge >= 0.3 is 0 Å². The van der Waals surface area contributed by atoms with Crippen molar-refractivity contribution in [2.45, 2.75) is 47.0 Å². The average molecular weight is 204 g/mol. The first-order valence-electron chi connectivity index (χ1n) is 5.60. The molecule has 1 heteroatoms. The van der Waals surface area contributed by atoms with Crippen molar-refractivity contribution in [3.63, 3.8) is 0 Å². The minimum absolute atomic E-state index is 0.169. The van der Waals surface area contributed by atoms with Gasteiger partial charge in [-0.05, 0) is 49.9 Å². The average Bonchev–Trinajstić information content (AvgIpc) is 2.48. The summed E-state index contributed by atoms with van der Waals surface area (Å²) in [5.41, 5.74) is 7.12. The number of rotatable bonds is 0. The highest BCUT2D eigenvalue weighted by atomic mass is 16.5. The van der Waals surface area contributed by atoms with E-state index in [0.29, 0.717) is 0 Å². The highest BCUT2D eigenvalue weighted by molar-refractivity contribution is 5.58. The second-order valence-corrected chi connectivity index (χ2v) is 5.38. The first-order valence-corrected chi connectivity index (χ1v) is 5.60. The summed E-state index contributed by atoms with van der Waals surface area (Å²) in [5, 5.41) is 0. The highest BCUT2D eigenvalue weighted by Gasteiger charge is 2.35. The van der Waals surface area contributed by atoms with Crippen molar-refractivity contribution in [2.24, 2.45) is 0 Å². The lowest BCUT2D eigenvalue weighted by atomic mass is 9.80. The summed E-state index contributed by atoms with van der Waals surface area (Å²) in [4.78, 5) is 0. The normalized spacial score (nSPS) is 17.5. The topological polar surface area (TPSA) is 9.23 Å². The van der Waals surface area contributed by atoms with Crippen molar-refractivity contribution in [1.82, 2.24) is 0 Å². The molecule has 0 aliphatic carbocycles. The highest BCUT2D eigenvalue weighted by Crippen LogP contribution is 2.45. The van der Waals surface area contributed by atoms with Crippen LogP contribution in [0.15, 0.2) is 0 Å². The predicted octanol–water partition coefficient (Wildman–Crippen LogP) is 3.59. The van der Waals surface area contributed by atoms with Crippen LogP contribution in [0.2, 0.25) is 0 Å². The van der Waals surface area contributed by atoms with E-state index in [1.165, 1.54) is 27.8 Å². The smallest absolute Gasteiger partial charge is 0.126 e. The van der Waals surface area contributed by atoms with Crippen LogP contribution in [-0.2, 0) is 5.41 Å². The van der Waals surface area contributed by atoms with E-state index >= 15 is 0 Å². The van der Waals surface area contributed by atoms with E-state index in [1.807, 2.05) is 0 Å². The summed E-state index contributed by atoms with van der Waals surface area (Å²) in [7, 11) is 0. The monoisotopic (exact) mass is 204 g/mol. The van der Waals surface area contributed by atoms with Gasteiger partial charge in [0.2, 0.25) is 0 Å². The Kier molecular flexibility index (Phi) is 2.11. The third-order valence-corrected chi connectivity index (χ3v) is 3.88. The van der Waals surface area contributed by atoms with Gasteiger partial charge in [-0.1, -0.05) is 13.8 Å². The molecule has 1 heterocycles. The van der Waals surface area contributed by atoms with Gasteiger partial charge in [0.1, 0.15) is 5.75 Å². The Hall–Kier alpha value is -0.980. The molecule has 0 unspecified atom stereocenters. The van der Waals surface area contributed by atoms with Gasteiger partial charge in [0.15, 0.2) is 0 Å². The van der Waals surface area contributed by atoms with E-state index in [1.54, 1.807) is 0 Å². The van der Waals surface area contributed by atoms with Crippen molar-refractivity contribution in [1.29, 1.82) is 0 Å². The molecule has 0 saturated carbocycles. The van der Waals surface area contributed by atoms with Crippen LogP contribution in [0.1, 0.15) is 41.7 Å². The molecule has 0 radical (unpaired) electrons. The molecule has 0 atom stereocenters. The molecule has 82 valence electrons. The molecule has 0 spiro atoms. The summed E-state index contributed by atoms with van der Waals surface area (Å²) in [6.45, 7) is 14.1. The Morgan fingerprint density at radius 1 is 0.867 bits per heavy atom. The lowest BCUT2D eigenvalue weighted by Crippen LogP contribution is -2.19. The molecule has 0 bridgehead atoms. The van der Waals surface area contributed by atoms with E-state index in [2.05, 4.69) is 41.5 Å². The summed E-state index contributed by atoms with van der Waals surface area (Å²) >= 11 is 0. The molecule has 0 N–H and O–H groups in total. The standard InChI is InChI=1S/C14H20O/c1-8-9(2)11(4)13-12(10(8)3)14(5,6)7-15-13/h7H2,1-6H3. The molecule has 1 aromatic carbocycles. The van der Waals surface area contributed by atoms with Crippen LogP contribution in [0.3, 0.4) is 0 Å². The molecular formula is C14H20O. The maximum absolute atomic E-state index is 5.86. The van der Waals surface area contributed by atoms with Gasteiger partial charge in [-0.25, -0.2) is 0 Å². The molecule has 1 aliphatic heterocycles. The number of hydrogen-bond acceptors (Lipinski definition) is 1. The van der Waals surface area contributed by atoms with Crippen LogP contribution in [0, 0.1) is 27.7 Å². The second-order valence-electron chi connectivity index (χ2n) is 5.38. The van der Waals surface area contributed by atoms with Crippen LogP contribution in [0.4, 0.5) is 0 Å². The molecule has 0 aromatic heterocycles. The van der Waals surface area contributed by atoms with Gasteiger partial charge in [0, 0.05) is 11.0 Å². The van der Waals surface area contributed by atoms with Gasteiger partial charge in [0.05, 0.1) is 6.61 Å². The van der Waals surface area contributed by atoms with E-state index in [9.17, 15) is 0 Å². The molecule has 15 heavy (non-hydrogen) atoms. The number of hydrogen-bond donors (Lipinski definition) is 0. The predicted molar refractivity (Wildman–Crippen MR) is 63.9 cm³/mol. The van der Waals surface area contributed by atoms with Crippen molar-refractivity contribution < 1.29 is 4.74 Å². The maximum atomic E-state index is 5.86. The lowest BCUT2D eigenvalue weighted by molar-refractivity contribution is 0.289. The van der Waals surface area contributed by atoms with Crippen LogP contribution in [0.5, 0.6) is 5.75 Å². The number of benzene rings is 1. The van der Waals surface area contributed by atoms with Crippen molar-refractivity contribution in [3.8, 4) is 5.75 Å². The lowest BCUT2D eigenvalue weighted by Gasteiger charge is -2.21. The van der Waals surface area contributed by atoms with Crippen LogP contribution < -0.4 is 4.74 Å². The molecule has 0 saturated heterocycles. The Bertz CT molecular complexity index is 428. The molecular weight excluding hydrogens is 184 g/mol. The third kappa shape index (κ3) is 1.29. The van der Waals surface area contributed by atoms with Gasteiger partial charge in [-0.2, -0.15) is 0 Å². The molecule has 0 amide bonds. The Morgan fingerprint density at radius 3 is 2.00 bits per heavy atom. The first kappa shape index (κ1) is 10.5. The Balaban J connectivity index is 2.82.